The van der Waals surface area contributed by atoms with Crippen molar-refractivity contribution in [3.8, 4) is 0 Å². The molecule has 1 aliphatic rings. The van der Waals surface area contributed by atoms with Gasteiger partial charge in [-0.25, -0.2) is 0 Å². The Morgan fingerprint density at radius 2 is 1.85 bits per heavy atom. The molecule has 0 atom stereocenters. The lowest BCUT2D eigenvalue weighted by atomic mass is 9.98. The van der Waals surface area contributed by atoms with Crippen LogP contribution in [-0.2, 0) is 9.53 Å². The van der Waals surface area contributed by atoms with Gasteiger partial charge in [0.05, 0.1) is 12.6 Å². The highest BCUT2D eigenvalue weighted by Gasteiger charge is 2.16. The first kappa shape index (κ1) is 23.7. The van der Waals surface area contributed by atoms with Crippen LogP contribution in [0.3, 0.4) is 0 Å². The molecule has 0 aromatic heterocycles. The number of amides is 1. The zero-order chi connectivity index (χ0) is 20.1. The van der Waals surface area contributed by atoms with Crippen molar-refractivity contribution >= 4 is 11.9 Å². The first-order valence-corrected chi connectivity index (χ1v) is 10.7. The van der Waals surface area contributed by atoms with E-state index in [9.17, 15) is 4.79 Å². The Bertz CT molecular complexity index is 440. The third-order valence-electron chi connectivity index (χ3n) is 4.56. The maximum Gasteiger partial charge on any atom is 0.240 e. The Balaban J connectivity index is 2.24. The fourth-order valence-electron chi connectivity index (χ4n) is 3.28. The Morgan fingerprint density at radius 1 is 1.15 bits per heavy atom. The largest absolute Gasteiger partial charge is 0.378 e. The van der Waals surface area contributed by atoms with Gasteiger partial charge in [-0.2, -0.15) is 0 Å². The quantitative estimate of drug-likeness (QED) is 0.346. The van der Waals surface area contributed by atoms with Crippen LogP contribution in [0.4, 0.5) is 0 Å². The van der Waals surface area contributed by atoms with E-state index in [-0.39, 0.29) is 11.4 Å². The van der Waals surface area contributed by atoms with Crippen molar-refractivity contribution in [3.05, 3.63) is 0 Å². The van der Waals surface area contributed by atoms with E-state index in [1.165, 1.54) is 32.1 Å². The van der Waals surface area contributed by atoms with Crippen LogP contribution < -0.4 is 10.6 Å². The number of hydrogen-bond acceptors (Lipinski definition) is 3. The van der Waals surface area contributed by atoms with Gasteiger partial charge in [-0.15, -0.1) is 0 Å². The van der Waals surface area contributed by atoms with Gasteiger partial charge in [0.15, 0.2) is 5.96 Å². The van der Waals surface area contributed by atoms with Gasteiger partial charge in [0, 0.05) is 32.3 Å². The number of hydrogen-bond donors (Lipinski definition) is 2. The van der Waals surface area contributed by atoms with E-state index in [4.69, 9.17) is 4.74 Å². The lowest BCUT2D eigenvalue weighted by Crippen LogP contribution is -2.48. The minimum Gasteiger partial charge on any atom is -0.378 e. The summed E-state index contributed by atoms with van der Waals surface area (Å²) in [5, 5.41) is 6.25. The molecule has 158 valence electrons. The van der Waals surface area contributed by atoms with Crippen molar-refractivity contribution < 1.29 is 9.53 Å². The van der Waals surface area contributed by atoms with E-state index in [1.807, 2.05) is 39.6 Å². The molecular weight excluding hydrogens is 340 g/mol. The number of carbonyl (C=O) groups excluding carboxylic acids is 1. The van der Waals surface area contributed by atoms with E-state index in [2.05, 4.69) is 15.6 Å². The van der Waals surface area contributed by atoms with E-state index in [1.54, 1.807) is 0 Å². The zero-order valence-corrected chi connectivity index (χ0v) is 18.3. The molecule has 0 heterocycles. The molecule has 1 saturated carbocycles. The van der Waals surface area contributed by atoms with Crippen molar-refractivity contribution in [2.24, 2.45) is 4.99 Å². The highest BCUT2D eigenvalue weighted by Crippen LogP contribution is 2.20. The molecule has 0 aromatic carbocycles. The maximum absolute atomic E-state index is 12.1. The number of nitrogens with one attached hydrogen (secondary N) is 2. The number of guanidine groups is 1. The van der Waals surface area contributed by atoms with E-state index < -0.39 is 0 Å². The van der Waals surface area contributed by atoms with Gasteiger partial charge in [-0.1, -0.05) is 19.3 Å². The molecule has 0 spiro atoms. The van der Waals surface area contributed by atoms with Crippen LogP contribution in [0.25, 0.3) is 0 Å². The van der Waals surface area contributed by atoms with Gasteiger partial charge in [-0.3, -0.25) is 9.79 Å². The van der Waals surface area contributed by atoms with Crippen LogP contribution in [0, 0.1) is 0 Å². The van der Waals surface area contributed by atoms with Gasteiger partial charge in [0.1, 0.15) is 0 Å². The molecule has 27 heavy (non-hydrogen) atoms. The molecule has 0 aromatic rings. The van der Waals surface area contributed by atoms with Gasteiger partial charge >= 0.3 is 0 Å². The molecule has 0 saturated heterocycles. The summed E-state index contributed by atoms with van der Waals surface area (Å²) in [6.45, 7) is 10.8. The molecule has 0 bridgehead atoms. The van der Waals surface area contributed by atoms with Crippen molar-refractivity contribution in [2.45, 2.75) is 90.7 Å². The molecular formula is C21H42N4O2. The van der Waals surface area contributed by atoms with Gasteiger partial charge in [-0.05, 0) is 59.8 Å². The van der Waals surface area contributed by atoms with Crippen LogP contribution >= 0.6 is 0 Å². The fraction of sp³-hybridized carbons (Fsp3) is 0.905. The minimum absolute atomic E-state index is 0.00969. The Kier molecular flexibility index (Phi) is 11.4. The maximum atomic E-state index is 12.1. The molecule has 2 N–H and O–H groups in total. The number of unbranched alkanes of at least 4 members (excludes halogenated alkanes) is 2. The summed E-state index contributed by atoms with van der Waals surface area (Å²) >= 11 is 0. The molecule has 6 heteroatoms. The molecule has 0 radical (unpaired) electrons. The van der Waals surface area contributed by atoms with Crippen molar-refractivity contribution in [1.29, 1.82) is 0 Å². The molecule has 1 fully saturated rings. The molecule has 1 amide bonds. The lowest BCUT2D eigenvalue weighted by molar-refractivity contribution is -0.122. The van der Waals surface area contributed by atoms with Crippen molar-refractivity contribution in [1.82, 2.24) is 15.5 Å². The van der Waals surface area contributed by atoms with Gasteiger partial charge in [0.2, 0.25) is 5.91 Å². The monoisotopic (exact) mass is 382 g/mol. The summed E-state index contributed by atoms with van der Waals surface area (Å²) in [4.78, 5) is 18.7. The van der Waals surface area contributed by atoms with Crippen LogP contribution in [-0.4, -0.2) is 61.7 Å². The standard InChI is InChI=1S/C21H42N4O2/c1-6-22-20(25(5)17-19(26)24-21(2,3)4)23-15-11-8-12-16-27-18-13-9-7-10-14-18/h18H,6-17H2,1-5H3,(H,22,23)(H,24,26). The summed E-state index contributed by atoms with van der Waals surface area (Å²) in [6, 6.07) is 0. The topological polar surface area (TPSA) is 66.0 Å². The smallest absolute Gasteiger partial charge is 0.240 e. The SMILES string of the molecule is CCNC(=NCCCCCOC1CCCCC1)N(C)CC(=O)NC(C)(C)C. The Morgan fingerprint density at radius 3 is 2.48 bits per heavy atom. The summed E-state index contributed by atoms with van der Waals surface area (Å²) in [5.41, 5.74) is -0.215. The molecule has 6 nitrogen and oxygen atoms in total. The number of aliphatic imine (C=N–C) groups is 1. The number of nitrogens with zero attached hydrogens (tertiary/aromatic N) is 2. The Hall–Kier alpha value is -1.30. The fourth-order valence-corrected chi connectivity index (χ4v) is 3.28. The molecule has 1 rings (SSSR count). The van der Waals surface area contributed by atoms with E-state index in [0.29, 0.717) is 12.6 Å². The number of rotatable bonds is 10. The zero-order valence-electron chi connectivity index (χ0n) is 18.3. The minimum atomic E-state index is -0.215. The van der Waals surface area contributed by atoms with E-state index >= 15 is 0 Å². The highest BCUT2D eigenvalue weighted by atomic mass is 16.5. The van der Waals surface area contributed by atoms with Crippen molar-refractivity contribution in [2.75, 3.05) is 33.3 Å². The first-order valence-electron chi connectivity index (χ1n) is 10.7. The normalized spacial score (nSPS) is 16.3. The third-order valence-corrected chi connectivity index (χ3v) is 4.56. The van der Waals surface area contributed by atoms with Gasteiger partial charge in [0.25, 0.3) is 0 Å². The first-order chi connectivity index (χ1) is 12.8. The van der Waals surface area contributed by atoms with Crippen LogP contribution in [0.1, 0.15) is 79.1 Å². The predicted octanol–water partition coefficient (Wildman–Crippen LogP) is 3.32. The summed E-state index contributed by atoms with van der Waals surface area (Å²) in [6.07, 6.45) is 10.3. The predicted molar refractivity (Wildman–Crippen MR) is 113 cm³/mol. The average molecular weight is 383 g/mol. The number of carbonyl (C=O) groups is 1. The number of likely N-dealkylation sites (N-methyl/N-ethyl adjacent to an activating group) is 1. The Labute approximate surface area is 166 Å². The van der Waals surface area contributed by atoms with Crippen molar-refractivity contribution in [3.63, 3.8) is 0 Å². The average Bonchev–Trinajstić information content (AvgIpc) is 2.59. The number of ether oxygens (including phenoxy) is 1. The van der Waals surface area contributed by atoms with Crippen LogP contribution in [0.5, 0.6) is 0 Å². The lowest BCUT2D eigenvalue weighted by Gasteiger charge is -2.25. The van der Waals surface area contributed by atoms with E-state index in [0.717, 1.165) is 44.9 Å². The summed E-state index contributed by atoms with van der Waals surface area (Å²) in [7, 11) is 1.90. The second-order valence-corrected chi connectivity index (χ2v) is 8.58. The molecule has 0 aliphatic heterocycles. The third kappa shape index (κ3) is 11.9. The second-order valence-electron chi connectivity index (χ2n) is 8.58. The van der Waals surface area contributed by atoms with Gasteiger partial charge < -0.3 is 20.3 Å². The van der Waals surface area contributed by atoms with Crippen LogP contribution in [0.15, 0.2) is 4.99 Å². The van der Waals surface area contributed by atoms with Crippen LogP contribution in [0.2, 0.25) is 0 Å². The highest BCUT2D eigenvalue weighted by molar-refractivity contribution is 5.86. The molecule has 1 aliphatic carbocycles. The summed E-state index contributed by atoms with van der Waals surface area (Å²) < 4.78 is 5.97. The second kappa shape index (κ2) is 13.0. The molecule has 0 unspecified atom stereocenters. The summed E-state index contributed by atoms with van der Waals surface area (Å²) in [5.74, 6) is 0.801.